The van der Waals surface area contributed by atoms with Crippen molar-refractivity contribution in [2.75, 3.05) is 27.7 Å². The van der Waals surface area contributed by atoms with Crippen molar-refractivity contribution in [3.63, 3.8) is 0 Å². The molecule has 14 heteroatoms. The summed E-state index contributed by atoms with van der Waals surface area (Å²) in [5.41, 5.74) is 2.97. The highest BCUT2D eigenvalue weighted by Crippen LogP contribution is 2.57. The zero-order valence-electron chi connectivity index (χ0n) is 34.8. The number of aromatic nitrogens is 2. The van der Waals surface area contributed by atoms with Gasteiger partial charge >= 0.3 is 10.2 Å². The average Bonchev–Trinajstić information content (AvgIpc) is 3.49. The molecule has 12 nitrogen and oxygen atoms in total. The Kier molecular flexibility index (Phi) is 12.6. The van der Waals surface area contributed by atoms with Gasteiger partial charge in [-0.25, -0.2) is 14.7 Å². The fourth-order valence-corrected chi connectivity index (χ4v) is 10.1. The van der Waals surface area contributed by atoms with Crippen LogP contribution in [0.1, 0.15) is 88.0 Å². The predicted molar refractivity (Wildman–Crippen MR) is 230 cm³/mol. The number of carbonyl (C=O) groups is 3. The molecule has 5 atom stereocenters. The van der Waals surface area contributed by atoms with Crippen LogP contribution >= 0.6 is 11.3 Å². The van der Waals surface area contributed by atoms with Gasteiger partial charge in [-0.2, -0.15) is 12.7 Å². The van der Waals surface area contributed by atoms with E-state index >= 15 is 0 Å². The number of allylic oxidation sites excluding steroid dienone is 2. The summed E-state index contributed by atoms with van der Waals surface area (Å²) in [4.78, 5) is 55.2. The lowest BCUT2D eigenvalue weighted by atomic mass is 9.90. The first kappa shape index (κ1) is 42.5. The van der Waals surface area contributed by atoms with E-state index in [1.54, 1.807) is 12.0 Å². The van der Waals surface area contributed by atoms with Gasteiger partial charge in [-0.15, -0.1) is 11.3 Å². The van der Waals surface area contributed by atoms with E-state index in [-0.39, 0.29) is 48.8 Å². The maximum Gasteiger partial charge on any atom is 0.303 e. The molecule has 0 radical (unpaired) electrons. The van der Waals surface area contributed by atoms with Crippen LogP contribution in [0, 0.1) is 24.2 Å². The summed E-state index contributed by atoms with van der Waals surface area (Å²) in [7, 11) is 0.214. The van der Waals surface area contributed by atoms with Crippen molar-refractivity contribution in [1.82, 2.24) is 23.9 Å². The Balaban J connectivity index is 1.26. The molecule has 0 spiro atoms. The second-order valence-electron chi connectivity index (χ2n) is 16.8. The topological polar surface area (TPSA) is 148 Å². The predicted octanol–water partition coefficient (Wildman–Crippen LogP) is 7.41. The molecule has 1 saturated carbocycles. The van der Waals surface area contributed by atoms with Crippen molar-refractivity contribution in [3.8, 4) is 22.2 Å². The molecule has 2 aromatic heterocycles. The van der Waals surface area contributed by atoms with E-state index in [0.717, 1.165) is 57.2 Å². The van der Waals surface area contributed by atoms with Gasteiger partial charge in [0, 0.05) is 55.3 Å². The van der Waals surface area contributed by atoms with Crippen molar-refractivity contribution in [1.29, 1.82) is 0 Å². The SMILES string of the molecule is COc1ccc2c(O[C@@H]3C[C@H]4C(=O)C[C@]5(C(=O)NS(=O)(=O)N(C)C)C[C@@H]5/C=C\CCCCC[C@H](Cc5ccccc5)C(=O)N4C3)cc(-c3nc(C(C)C)cs3)nc2c1C. The maximum atomic E-state index is 14.9. The summed E-state index contributed by atoms with van der Waals surface area (Å²) in [5, 5.41) is 3.56. The molecule has 2 aliphatic heterocycles. The number of hydrogen-bond acceptors (Lipinski definition) is 10. The molecule has 1 saturated heterocycles. The molecule has 2 fully saturated rings. The zero-order chi connectivity index (χ0) is 42.1. The number of nitrogens with zero attached hydrogens (tertiary/aromatic N) is 4. The van der Waals surface area contributed by atoms with Crippen LogP contribution in [-0.2, 0) is 31.0 Å². The molecular weight excluding hydrogens is 787 g/mol. The molecular formula is C45H55N5O7S2. The van der Waals surface area contributed by atoms with E-state index in [1.165, 1.54) is 25.4 Å². The summed E-state index contributed by atoms with van der Waals surface area (Å²) in [6, 6.07) is 14.8. The summed E-state index contributed by atoms with van der Waals surface area (Å²) < 4.78 is 41.4. The lowest BCUT2D eigenvalue weighted by Crippen LogP contribution is -2.47. The van der Waals surface area contributed by atoms with Crippen LogP contribution in [-0.4, -0.2) is 85.1 Å². The molecule has 314 valence electrons. The number of Topliss-reactive ketones (excluding diaryl/α,β-unsaturated/α-hetero) is 1. The first-order chi connectivity index (χ1) is 28.2. The Morgan fingerprint density at radius 2 is 1.85 bits per heavy atom. The monoisotopic (exact) mass is 841 g/mol. The molecule has 4 aromatic rings. The largest absolute Gasteiger partial charge is 0.496 e. The number of pyridine rings is 1. The molecule has 1 N–H and O–H groups in total. The number of carbonyl (C=O) groups excluding carboxylic acids is 3. The first-order valence-electron chi connectivity index (χ1n) is 20.6. The van der Waals surface area contributed by atoms with Gasteiger partial charge in [0.05, 0.1) is 36.3 Å². The number of benzene rings is 2. The van der Waals surface area contributed by atoms with Crippen molar-refractivity contribution in [2.45, 2.75) is 96.6 Å². The van der Waals surface area contributed by atoms with Crippen LogP contribution < -0.4 is 14.2 Å². The molecule has 4 heterocycles. The summed E-state index contributed by atoms with van der Waals surface area (Å²) in [6.45, 7) is 6.32. The van der Waals surface area contributed by atoms with Gasteiger partial charge in [-0.05, 0) is 68.6 Å². The zero-order valence-corrected chi connectivity index (χ0v) is 36.4. The Labute approximate surface area is 351 Å². The van der Waals surface area contributed by atoms with Crippen LogP contribution in [0.15, 0.2) is 66.1 Å². The normalized spacial score (nSPS) is 24.6. The number of methoxy groups -OCH3 is 1. The van der Waals surface area contributed by atoms with Gasteiger partial charge in [0.15, 0.2) is 5.78 Å². The van der Waals surface area contributed by atoms with E-state index in [0.29, 0.717) is 42.0 Å². The highest BCUT2D eigenvalue weighted by atomic mass is 32.2. The Hall–Kier alpha value is -4.66. The van der Waals surface area contributed by atoms with E-state index in [1.807, 2.05) is 73.0 Å². The summed E-state index contributed by atoms with van der Waals surface area (Å²) in [5.74, 6) is -0.280. The number of amides is 2. The highest BCUT2D eigenvalue weighted by molar-refractivity contribution is 7.87. The lowest BCUT2D eigenvalue weighted by molar-refractivity contribution is -0.142. The average molecular weight is 842 g/mol. The van der Waals surface area contributed by atoms with Crippen LogP contribution in [0.25, 0.3) is 21.6 Å². The molecule has 2 amide bonds. The summed E-state index contributed by atoms with van der Waals surface area (Å²) >= 11 is 1.52. The van der Waals surface area contributed by atoms with Gasteiger partial charge in [0.25, 0.3) is 0 Å². The van der Waals surface area contributed by atoms with Gasteiger partial charge in [-0.1, -0.05) is 69.2 Å². The van der Waals surface area contributed by atoms with Gasteiger partial charge in [0.1, 0.15) is 28.3 Å². The van der Waals surface area contributed by atoms with Crippen molar-refractivity contribution in [3.05, 3.63) is 82.9 Å². The van der Waals surface area contributed by atoms with Crippen LogP contribution in [0.2, 0.25) is 0 Å². The van der Waals surface area contributed by atoms with Crippen molar-refractivity contribution < 1.29 is 32.3 Å². The number of hydrogen-bond donors (Lipinski definition) is 1. The minimum absolute atomic E-state index is 0.114. The van der Waals surface area contributed by atoms with E-state index < -0.39 is 33.7 Å². The number of nitrogens with one attached hydrogen (secondary N) is 1. The third-order valence-electron chi connectivity index (χ3n) is 12.2. The number of fused-ring (bicyclic) bond motifs is 3. The smallest absolute Gasteiger partial charge is 0.303 e. The van der Waals surface area contributed by atoms with Gasteiger partial charge < -0.3 is 14.4 Å². The van der Waals surface area contributed by atoms with Crippen molar-refractivity contribution in [2.24, 2.45) is 17.3 Å². The molecule has 2 aromatic carbocycles. The Bertz CT molecular complexity index is 2340. The quantitative estimate of drug-likeness (QED) is 0.161. The van der Waals surface area contributed by atoms with Crippen molar-refractivity contribution >= 4 is 50.0 Å². The Morgan fingerprint density at radius 1 is 1.07 bits per heavy atom. The lowest BCUT2D eigenvalue weighted by Gasteiger charge is -2.29. The second kappa shape index (κ2) is 17.5. The number of ether oxygens (including phenoxy) is 2. The fourth-order valence-electron chi connectivity index (χ4n) is 8.49. The van der Waals surface area contributed by atoms with E-state index in [9.17, 15) is 22.8 Å². The third-order valence-corrected chi connectivity index (χ3v) is 14.4. The molecule has 7 rings (SSSR count). The minimum atomic E-state index is -4.10. The molecule has 1 aliphatic carbocycles. The van der Waals surface area contributed by atoms with Gasteiger partial charge in [-0.3, -0.25) is 14.4 Å². The fraction of sp³-hybridized carbons (Fsp3) is 0.489. The third kappa shape index (κ3) is 9.09. The van der Waals surface area contributed by atoms with Crippen LogP contribution in [0.4, 0.5) is 0 Å². The maximum absolute atomic E-state index is 14.9. The van der Waals surface area contributed by atoms with Gasteiger partial charge in [0.2, 0.25) is 11.8 Å². The van der Waals surface area contributed by atoms with E-state index in [4.69, 9.17) is 19.4 Å². The Morgan fingerprint density at radius 3 is 2.56 bits per heavy atom. The number of thiazole rings is 1. The van der Waals surface area contributed by atoms with Crippen LogP contribution in [0.5, 0.6) is 11.5 Å². The van der Waals surface area contributed by atoms with E-state index in [2.05, 4.69) is 18.6 Å². The molecule has 0 bridgehead atoms. The number of ketones is 1. The first-order valence-corrected chi connectivity index (χ1v) is 22.9. The molecule has 59 heavy (non-hydrogen) atoms. The number of aryl methyl sites for hydroxylation is 1. The number of rotatable bonds is 10. The minimum Gasteiger partial charge on any atom is -0.496 e. The molecule has 3 aliphatic rings. The highest BCUT2D eigenvalue weighted by Gasteiger charge is 2.61. The summed E-state index contributed by atoms with van der Waals surface area (Å²) in [6.07, 6.45) is 8.47. The standard InChI is InChI=1S/C45H55N5O7S2/c1-28(2)36-27-58-42(47-36)35-23-40(34-19-20-39(56-6)29(3)41(34)46-35)57-33-22-37-38(51)25-45(44(53)48-59(54,55)49(4)5)24-32(45)18-14-9-7-8-13-17-31(43(52)50(37)26-33)21-30-15-11-10-12-16-30/h10-12,14-16,18-20,23,27-28,31-33,37H,7-9,13,17,21-22,24-26H2,1-6H3,(H,48,53)/b18-14-/t31-,32+,33-,37+,45-/m1/s1. The van der Waals surface area contributed by atoms with Crippen LogP contribution in [0.3, 0.4) is 0 Å². The molecule has 0 unspecified atom stereocenters. The second-order valence-corrected chi connectivity index (χ2v) is 19.5.